The van der Waals surface area contributed by atoms with Gasteiger partial charge >= 0.3 is 0 Å². The Labute approximate surface area is 124 Å². The van der Waals surface area contributed by atoms with Crippen LogP contribution in [0.3, 0.4) is 0 Å². The minimum atomic E-state index is -3.80. The lowest BCUT2D eigenvalue weighted by molar-refractivity contribution is 0.475. The quantitative estimate of drug-likeness (QED) is 0.888. The number of rotatable bonds is 3. The highest BCUT2D eigenvalue weighted by Gasteiger charge is 2.16. The molecule has 102 valence electrons. The molecule has 5 nitrogen and oxygen atoms in total. The predicted molar refractivity (Wildman–Crippen MR) is 77.8 cm³/mol. The number of phenols is 1. The van der Waals surface area contributed by atoms with E-state index >= 15 is 0 Å². The molecule has 0 atom stereocenters. The summed E-state index contributed by atoms with van der Waals surface area (Å²) in [6, 6.07) is 11.7. The fourth-order valence-corrected chi connectivity index (χ4v) is 2.97. The molecule has 7 heteroatoms. The summed E-state index contributed by atoms with van der Waals surface area (Å²) in [6.45, 7) is 0. The van der Waals surface area contributed by atoms with E-state index in [1.807, 2.05) is 6.07 Å². The standard InChI is InChI=1S/C13H9BrN2O3S/c14-10-1-6-13(9(7-10)8-15)16-20(18,19)12-4-2-11(17)3-5-12/h1-7,16-17H. The Hall–Kier alpha value is -2.04. The number of hydrogen-bond acceptors (Lipinski definition) is 4. The molecule has 0 unspecified atom stereocenters. The lowest BCUT2D eigenvalue weighted by Gasteiger charge is -2.09. The number of anilines is 1. The average molecular weight is 353 g/mol. The lowest BCUT2D eigenvalue weighted by Crippen LogP contribution is -2.13. The van der Waals surface area contributed by atoms with Crippen molar-refractivity contribution in [1.82, 2.24) is 0 Å². The molecule has 20 heavy (non-hydrogen) atoms. The second-order valence-corrected chi connectivity index (χ2v) is 6.50. The van der Waals surface area contributed by atoms with Crippen molar-refractivity contribution in [2.24, 2.45) is 0 Å². The van der Waals surface area contributed by atoms with Gasteiger partial charge in [-0.3, -0.25) is 4.72 Å². The Balaban J connectivity index is 2.39. The second kappa shape index (κ2) is 5.53. The monoisotopic (exact) mass is 352 g/mol. The number of phenolic OH excluding ortho intramolecular Hbond substituents is 1. The number of aromatic hydroxyl groups is 1. The summed E-state index contributed by atoms with van der Waals surface area (Å²) in [4.78, 5) is 0.00195. The maximum atomic E-state index is 12.2. The zero-order chi connectivity index (χ0) is 14.8. The molecule has 0 fully saturated rings. The molecule has 0 aromatic heterocycles. The molecule has 2 aromatic rings. The van der Waals surface area contributed by atoms with E-state index in [2.05, 4.69) is 20.7 Å². The third-order valence-electron chi connectivity index (χ3n) is 2.49. The van der Waals surface area contributed by atoms with E-state index in [0.717, 1.165) is 0 Å². The molecule has 2 N–H and O–H groups in total. The van der Waals surface area contributed by atoms with E-state index in [1.54, 1.807) is 6.07 Å². The van der Waals surface area contributed by atoms with E-state index in [4.69, 9.17) is 10.4 Å². The number of sulfonamides is 1. The molecule has 2 rings (SSSR count). The second-order valence-electron chi connectivity index (χ2n) is 3.90. The van der Waals surface area contributed by atoms with Gasteiger partial charge in [-0.15, -0.1) is 0 Å². The van der Waals surface area contributed by atoms with Crippen molar-refractivity contribution in [1.29, 1.82) is 5.26 Å². The van der Waals surface area contributed by atoms with Crippen molar-refractivity contribution >= 4 is 31.6 Å². The molecule has 0 bridgehead atoms. The Bertz CT molecular complexity index is 780. The molecule has 0 aliphatic carbocycles. The highest BCUT2D eigenvalue weighted by molar-refractivity contribution is 9.10. The van der Waals surface area contributed by atoms with Gasteiger partial charge in [-0.1, -0.05) is 15.9 Å². The number of halogens is 1. The molecule has 0 amide bonds. The number of benzene rings is 2. The van der Waals surface area contributed by atoms with Crippen LogP contribution < -0.4 is 4.72 Å². The van der Waals surface area contributed by atoms with Crippen LogP contribution in [-0.4, -0.2) is 13.5 Å². The number of nitriles is 1. The van der Waals surface area contributed by atoms with Crippen molar-refractivity contribution in [2.45, 2.75) is 4.90 Å². The van der Waals surface area contributed by atoms with Crippen molar-refractivity contribution in [3.8, 4) is 11.8 Å². The molecule has 0 saturated heterocycles. The Morgan fingerprint density at radius 3 is 2.40 bits per heavy atom. The van der Waals surface area contributed by atoms with Gasteiger partial charge in [0.05, 0.1) is 16.1 Å². The zero-order valence-corrected chi connectivity index (χ0v) is 12.4. The van der Waals surface area contributed by atoms with Gasteiger partial charge in [-0.05, 0) is 42.5 Å². The topological polar surface area (TPSA) is 90.2 Å². The molecular formula is C13H9BrN2O3S. The highest BCUT2D eigenvalue weighted by Crippen LogP contribution is 2.24. The van der Waals surface area contributed by atoms with Crippen LogP contribution in [0.1, 0.15) is 5.56 Å². The maximum Gasteiger partial charge on any atom is 0.261 e. The Kier molecular flexibility index (Phi) is 3.97. The predicted octanol–water partition coefficient (Wildman–Crippen LogP) is 2.83. The normalized spacial score (nSPS) is 10.8. The van der Waals surface area contributed by atoms with Crippen LogP contribution in [-0.2, 0) is 10.0 Å². The van der Waals surface area contributed by atoms with Crippen LogP contribution in [0.5, 0.6) is 5.75 Å². The van der Waals surface area contributed by atoms with E-state index in [1.165, 1.54) is 36.4 Å². The summed E-state index contributed by atoms with van der Waals surface area (Å²) >= 11 is 3.21. The highest BCUT2D eigenvalue weighted by atomic mass is 79.9. The lowest BCUT2D eigenvalue weighted by atomic mass is 10.2. The van der Waals surface area contributed by atoms with Gasteiger partial charge in [0.2, 0.25) is 0 Å². The summed E-state index contributed by atoms with van der Waals surface area (Å²) in [6.07, 6.45) is 0. The molecule has 0 heterocycles. The smallest absolute Gasteiger partial charge is 0.261 e. The van der Waals surface area contributed by atoms with Gasteiger partial charge in [0.15, 0.2) is 0 Å². The first-order valence-electron chi connectivity index (χ1n) is 5.44. The zero-order valence-electron chi connectivity index (χ0n) is 10.0. The van der Waals surface area contributed by atoms with Crippen LogP contribution in [0.4, 0.5) is 5.69 Å². The first-order chi connectivity index (χ1) is 9.42. The van der Waals surface area contributed by atoms with Gasteiger partial charge in [0, 0.05) is 4.47 Å². The fraction of sp³-hybridized carbons (Fsp3) is 0. The van der Waals surface area contributed by atoms with E-state index < -0.39 is 10.0 Å². The van der Waals surface area contributed by atoms with Crippen molar-refractivity contribution in [3.05, 3.63) is 52.5 Å². The Morgan fingerprint density at radius 2 is 1.80 bits per heavy atom. The summed E-state index contributed by atoms with van der Waals surface area (Å²) in [7, 11) is -3.80. The largest absolute Gasteiger partial charge is 0.508 e. The van der Waals surface area contributed by atoms with Crippen LogP contribution >= 0.6 is 15.9 Å². The maximum absolute atomic E-state index is 12.2. The van der Waals surface area contributed by atoms with E-state index in [0.29, 0.717) is 4.47 Å². The molecule has 0 spiro atoms. The third kappa shape index (κ3) is 3.10. The van der Waals surface area contributed by atoms with Gasteiger partial charge in [-0.25, -0.2) is 8.42 Å². The molecule has 0 aliphatic rings. The summed E-state index contributed by atoms with van der Waals surface area (Å²) in [5.41, 5.74) is 0.408. The van der Waals surface area contributed by atoms with Crippen LogP contribution in [0, 0.1) is 11.3 Å². The average Bonchev–Trinajstić information content (AvgIpc) is 2.41. The van der Waals surface area contributed by atoms with Crippen LogP contribution in [0.15, 0.2) is 51.8 Å². The minimum absolute atomic E-state index is 0.00195. The third-order valence-corrected chi connectivity index (χ3v) is 4.37. The number of nitrogens with one attached hydrogen (secondary N) is 1. The molecular weight excluding hydrogens is 344 g/mol. The fourth-order valence-electron chi connectivity index (χ4n) is 1.53. The first-order valence-corrected chi connectivity index (χ1v) is 7.71. The van der Waals surface area contributed by atoms with Crippen molar-refractivity contribution in [2.75, 3.05) is 4.72 Å². The molecule has 0 radical (unpaired) electrons. The van der Waals surface area contributed by atoms with Gasteiger partial charge < -0.3 is 5.11 Å². The first kappa shape index (κ1) is 14.4. The van der Waals surface area contributed by atoms with Gasteiger partial charge in [0.1, 0.15) is 11.8 Å². The summed E-state index contributed by atoms with van der Waals surface area (Å²) < 4.78 is 27.3. The molecule has 2 aromatic carbocycles. The summed E-state index contributed by atoms with van der Waals surface area (Å²) in [5, 5.41) is 18.2. The SMILES string of the molecule is N#Cc1cc(Br)ccc1NS(=O)(=O)c1ccc(O)cc1. The van der Waals surface area contributed by atoms with Crippen molar-refractivity contribution in [3.63, 3.8) is 0 Å². The van der Waals surface area contributed by atoms with E-state index in [-0.39, 0.29) is 21.9 Å². The van der Waals surface area contributed by atoms with Crippen molar-refractivity contribution < 1.29 is 13.5 Å². The van der Waals surface area contributed by atoms with Crippen LogP contribution in [0.2, 0.25) is 0 Å². The van der Waals surface area contributed by atoms with Crippen LogP contribution in [0.25, 0.3) is 0 Å². The number of hydrogen-bond donors (Lipinski definition) is 2. The minimum Gasteiger partial charge on any atom is -0.508 e. The Morgan fingerprint density at radius 1 is 1.15 bits per heavy atom. The summed E-state index contributed by atoms with van der Waals surface area (Å²) in [5.74, 6) is -0.0229. The van der Waals surface area contributed by atoms with E-state index in [9.17, 15) is 8.42 Å². The number of nitrogens with zero attached hydrogens (tertiary/aromatic N) is 1. The van der Waals surface area contributed by atoms with Gasteiger partial charge in [-0.2, -0.15) is 5.26 Å². The molecule has 0 saturated carbocycles. The van der Waals surface area contributed by atoms with Gasteiger partial charge in [0.25, 0.3) is 10.0 Å². The molecule has 0 aliphatic heterocycles.